The summed E-state index contributed by atoms with van der Waals surface area (Å²) in [5.74, 6) is -0.969. The first-order valence-electron chi connectivity index (χ1n) is 5.76. The average Bonchev–Trinajstić information content (AvgIpc) is 2.80. The summed E-state index contributed by atoms with van der Waals surface area (Å²) in [5.41, 5.74) is 2.67. The van der Waals surface area contributed by atoms with Crippen molar-refractivity contribution in [3.63, 3.8) is 0 Å². The predicted octanol–water partition coefficient (Wildman–Crippen LogP) is 4.40. The van der Waals surface area contributed by atoms with Crippen molar-refractivity contribution in [1.82, 2.24) is 4.98 Å². The van der Waals surface area contributed by atoms with E-state index in [1.165, 1.54) is 12.1 Å². The number of fused-ring (bicyclic) bond motifs is 1. The molecule has 0 bridgehead atoms. The summed E-state index contributed by atoms with van der Waals surface area (Å²) in [7, 11) is 0. The number of halogens is 3. The first-order chi connectivity index (χ1) is 9.54. The topological polar surface area (TPSA) is 46.0 Å². The molecule has 0 aliphatic heterocycles. The van der Waals surface area contributed by atoms with E-state index < -0.39 is 11.6 Å². The number of oxazole rings is 1. The summed E-state index contributed by atoms with van der Waals surface area (Å²) in [4.78, 5) is 13.5. The molecular weight excluding hydrogens is 349 g/mol. The van der Waals surface area contributed by atoms with Crippen molar-refractivity contribution in [3.05, 3.63) is 68.9 Å². The third-order valence-corrected chi connectivity index (χ3v) is 4.34. The largest absolute Gasteiger partial charge is 0.417 e. The minimum Gasteiger partial charge on any atom is -0.408 e. The zero-order valence-electron chi connectivity index (χ0n) is 9.99. The Hall–Kier alpha value is -1.59. The first kappa shape index (κ1) is 13.4. The van der Waals surface area contributed by atoms with E-state index in [1.54, 1.807) is 18.2 Å². The van der Waals surface area contributed by atoms with Crippen LogP contribution in [0.3, 0.4) is 0 Å². The Labute approximate surface area is 126 Å². The lowest BCUT2D eigenvalue weighted by Crippen LogP contribution is -1.94. The number of alkyl halides is 1. The number of nitrogens with one attached hydrogen (secondary N) is 1. The van der Waals surface area contributed by atoms with Gasteiger partial charge in [0.1, 0.15) is 5.82 Å². The molecule has 1 N–H and O–H groups in total. The van der Waals surface area contributed by atoms with Gasteiger partial charge in [-0.25, -0.2) is 9.18 Å². The van der Waals surface area contributed by atoms with Crippen molar-refractivity contribution in [2.24, 2.45) is 0 Å². The molecule has 0 radical (unpaired) electrons. The standard InChI is InChI=1S/C14H8BrClFNO2/c15-13(7-1-3-9(16)10(17)5-7)8-2-4-11-12(6-8)20-14(19)18-11/h1-6,13H,(H,18,19). The Morgan fingerprint density at radius 3 is 2.65 bits per heavy atom. The lowest BCUT2D eigenvalue weighted by atomic mass is 10.0. The van der Waals surface area contributed by atoms with Gasteiger partial charge >= 0.3 is 5.76 Å². The smallest absolute Gasteiger partial charge is 0.408 e. The van der Waals surface area contributed by atoms with Gasteiger partial charge in [0.25, 0.3) is 0 Å². The zero-order valence-corrected chi connectivity index (χ0v) is 12.3. The fourth-order valence-electron chi connectivity index (χ4n) is 1.98. The van der Waals surface area contributed by atoms with Gasteiger partial charge in [0.15, 0.2) is 5.58 Å². The van der Waals surface area contributed by atoms with Crippen LogP contribution in [0, 0.1) is 5.82 Å². The molecule has 0 saturated carbocycles. The Morgan fingerprint density at radius 1 is 1.20 bits per heavy atom. The zero-order chi connectivity index (χ0) is 14.3. The molecule has 1 heterocycles. The summed E-state index contributed by atoms with van der Waals surface area (Å²) in [5, 5.41) is 0.0838. The van der Waals surface area contributed by atoms with Crippen molar-refractivity contribution in [2.75, 3.05) is 0 Å². The van der Waals surface area contributed by atoms with E-state index in [-0.39, 0.29) is 9.85 Å². The van der Waals surface area contributed by atoms with Gasteiger partial charge in [-0.3, -0.25) is 4.98 Å². The number of aromatic amines is 1. The van der Waals surface area contributed by atoms with Gasteiger partial charge in [0.2, 0.25) is 0 Å². The van der Waals surface area contributed by atoms with E-state index in [0.29, 0.717) is 11.1 Å². The fraction of sp³-hybridized carbons (Fsp3) is 0.0714. The fourth-order valence-corrected chi connectivity index (χ4v) is 2.67. The molecule has 6 heteroatoms. The number of aromatic nitrogens is 1. The summed E-state index contributed by atoms with van der Waals surface area (Å²) in [6, 6.07) is 9.94. The van der Waals surface area contributed by atoms with Crippen LogP contribution in [0.15, 0.2) is 45.6 Å². The molecule has 0 fully saturated rings. The van der Waals surface area contributed by atoms with E-state index in [1.807, 2.05) is 6.07 Å². The van der Waals surface area contributed by atoms with E-state index in [9.17, 15) is 9.18 Å². The van der Waals surface area contributed by atoms with Crippen molar-refractivity contribution in [2.45, 2.75) is 4.83 Å². The maximum Gasteiger partial charge on any atom is 0.417 e. The summed E-state index contributed by atoms with van der Waals surface area (Å²) < 4.78 is 18.5. The summed E-state index contributed by atoms with van der Waals surface area (Å²) in [6.45, 7) is 0. The lowest BCUT2D eigenvalue weighted by molar-refractivity contribution is 0.555. The Kier molecular flexibility index (Phi) is 3.40. The molecule has 0 aliphatic rings. The molecule has 0 aliphatic carbocycles. The van der Waals surface area contributed by atoms with Crippen LogP contribution in [0.1, 0.15) is 16.0 Å². The highest BCUT2D eigenvalue weighted by molar-refractivity contribution is 9.09. The predicted molar refractivity (Wildman–Crippen MR) is 79.0 cm³/mol. The molecule has 0 saturated heterocycles. The molecule has 3 nitrogen and oxygen atoms in total. The SMILES string of the molecule is O=c1[nH]c2ccc(C(Br)c3ccc(Cl)c(F)c3)cc2o1. The van der Waals surface area contributed by atoms with Crippen LogP contribution < -0.4 is 5.76 Å². The minimum atomic E-state index is -0.499. The first-order valence-corrected chi connectivity index (χ1v) is 7.06. The van der Waals surface area contributed by atoms with Crippen molar-refractivity contribution in [3.8, 4) is 0 Å². The van der Waals surface area contributed by atoms with Gasteiger partial charge in [-0.2, -0.15) is 0 Å². The highest BCUT2D eigenvalue weighted by Gasteiger charge is 2.14. The van der Waals surface area contributed by atoms with E-state index in [2.05, 4.69) is 20.9 Å². The lowest BCUT2D eigenvalue weighted by Gasteiger charge is -2.11. The van der Waals surface area contributed by atoms with E-state index in [4.69, 9.17) is 16.0 Å². The highest BCUT2D eigenvalue weighted by atomic mass is 79.9. The van der Waals surface area contributed by atoms with Gasteiger partial charge in [0.05, 0.1) is 15.4 Å². The number of benzene rings is 2. The normalized spacial score (nSPS) is 12.8. The van der Waals surface area contributed by atoms with Crippen molar-refractivity contribution < 1.29 is 8.81 Å². The third-order valence-electron chi connectivity index (χ3n) is 2.97. The van der Waals surface area contributed by atoms with Crippen LogP contribution in [0.2, 0.25) is 5.02 Å². The highest BCUT2D eigenvalue weighted by Crippen LogP contribution is 2.33. The van der Waals surface area contributed by atoms with Crippen LogP contribution >= 0.6 is 27.5 Å². The second kappa shape index (κ2) is 5.07. The third kappa shape index (κ3) is 2.39. The second-order valence-electron chi connectivity index (χ2n) is 4.31. The molecular formula is C14H8BrClFNO2. The minimum absolute atomic E-state index is 0.0838. The van der Waals surface area contributed by atoms with E-state index in [0.717, 1.165) is 11.1 Å². The van der Waals surface area contributed by atoms with Crippen LogP contribution in [0.5, 0.6) is 0 Å². The van der Waals surface area contributed by atoms with Gasteiger partial charge in [0, 0.05) is 0 Å². The van der Waals surface area contributed by atoms with Gasteiger partial charge < -0.3 is 4.42 Å². The second-order valence-corrected chi connectivity index (χ2v) is 5.63. The van der Waals surface area contributed by atoms with Crippen molar-refractivity contribution in [1.29, 1.82) is 0 Å². The van der Waals surface area contributed by atoms with E-state index >= 15 is 0 Å². The number of H-pyrrole nitrogens is 1. The number of rotatable bonds is 2. The van der Waals surface area contributed by atoms with Gasteiger partial charge in [-0.1, -0.05) is 39.7 Å². The molecule has 0 amide bonds. The monoisotopic (exact) mass is 355 g/mol. The number of hydrogen-bond acceptors (Lipinski definition) is 2. The molecule has 1 aromatic heterocycles. The maximum absolute atomic E-state index is 13.5. The molecule has 102 valence electrons. The Balaban J connectivity index is 2.04. The van der Waals surface area contributed by atoms with Crippen LogP contribution in [-0.4, -0.2) is 4.98 Å². The molecule has 3 aromatic rings. The van der Waals surface area contributed by atoms with Crippen LogP contribution in [0.4, 0.5) is 4.39 Å². The molecule has 3 rings (SSSR count). The van der Waals surface area contributed by atoms with Gasteiger partial charge in [-0.15, -0.1) is 0 Å². The van der Waals surface area contributed by atoms with Crippen molar-refractivity contribution >= 4 is 38.6 Å². The molecule has 1 atom stereocenters. The molecule has 2 aromatic carbocycles. The maximum atomic E-state index is 13.5. The average molecular weight is 357 g/mol. The van der Waals surface area contributed by atoms with Gasteiger partial charge in [-0.05, 0) is 35.4 Å². The number of hydrogen-bond donors (Lipinski definition) is 1. The van der Waals surface area contributed by atoms with Crippen LogP contribution in [0.25, 0.3) is 11.1 Å². The van der Waals surface area contributed by atoms with Crippen LogP contribution in [-0.2, 0) is 0 Å². The molecule has 0 spiro atoms. The summed E-state index contributed by atoms with van der Waals surface area (Å²) in [6.07, 6.45) is 0. The quantitative estimate of drug-likeness (QED) is 0.692. The Morgan fingerprint density at radius 2 is 1.90 bits per heavy atom. The Bertz CT molecular complexity index is 843. The molecule has 1 unspecified atom stereocenters. The summed E-state index contributed by atoms with van der Waals surface area (Å²) >= 11 is 9.17. The molecule has 20 heavy (non-hydrogen) atoms.